The molecule has 2 aromatic carbocycles. The average molecular weight is 397 g/mol. The second-order valence-electron chi connectivity index (χ2n) is 7.30. The van der Waals surface area contributed by atoms with E-state index < -0.39 is 0 Å². The first-order valence-corrected chi connectivity index (χ1v) is 9.55. The number of aromatic nitrogens is 6. The number of rotatable bonds is 4. The Morgan fingerprint density at radius 1 is 0.900 bits per heavy atom. The van der Waals surface area contributed by atoms with E-state index >= 15 is 0 Å². The van der Waals surface area contributed by atoms with Crippen molar-refractivity contribution in [2.45, 2.75) is 20.0 Å². The predicted octanol–water partition coefficient (Wildman–Crippen LogP) is 2.48. The minimum absolute atomic E-state index is 0.348. The SMILES string of the molecule is Cc1ccc(Cn2c3ncnc4c(ncn4Cc4ccc(N)cc4)c-3nc2=O)cc1. The smallest absolute Gasteiger partial charge is 0.350 e. The van der Waals surface area contributed by atoms with Crippen molar-refractivity contribution in [2.24, 2.45) is 0 Å². The molecule has 148 valence electrons. The summed E-state index contributed by atoms with van der Waals surface area (Å²) < 4.78 is 3.46. The van der Waals surface area contributed by atoms with Crippen LogP contribution in [0.25, 0.3) is 22.7 Å². The van der Waals surface area contributed by atoms with Crippen LogP contribution >= 0.6 is 0 Å². The van der Waals surface area contributed by atoms with Gasteiger partial charge in [-0.2, -0.15) is 4.98 Å². The average Bonchev–Trinajstić information content (AvgIpc) is 3.21. The highest BCUT2D eigenvalue weighted by Crippen LogP contribution is 2.23. The molecule has 0 saturated heterocycles. The molecular formula is C22H19N7O. The number of imidazole rings is 2. The molecule has 2 aliphatic heterocycles. The van der Waals surface area contributed by atoms with Gasteiger partial charge in [0.1, 0.15) is 17.5 Å². The Kier molecular flexibility index (Phi) is 4.24. The number of hydrogen-bond acceptors (Lipinski definition) is 6. The van der Waals surface area contributed by atoms with E-state index in [4.69, 9.17) is 5.73 Å². The number of nitrogen functional groups attached to an aromatic ring is 1. The normalized spacial score (nSPS) is 11.4. The molecule has 0 fully saturated rings. The summed E-state index contributed by atoms with van der Waals surface area (Å²) in [5, 5.41) is 0. The van der Waals surface area contributed by atoms with Crippen molar-refractivity contribution < 1.29 is 0 Å². The van der Waals surface area contributed by atoms with Gasteiger partial charge in [0.15, 0.2) is 11.5 Å². The Labute approximate surface area is 172 Å². The molecule has 0 radical (unpaired) electrons. The lowest BCUT2D eigenvalue weighted by Gasteiger charge is -2.04. The third-order valence-corrected chi connectivity index (χ3v) is 5.09. The van der Waals surface area contributed by atoms with Crippen LogP contribution in [-0.4, -0.2) is 29.1 Å². The Bertz CT molecular complexity index is 1370. The maximum absolute atomic E-state index is 12.6. The Morgan fingerprint density at radius 3 is 2.37 bits per heavy atom. The number of hydrogen-bond donors (Lipinski definition) is 1. The molecule has 30 heavy (non-hydrogen) atoms. The van der Waals surface area contributed by atoms with Crippen molar-refractivity contribution in [1.29, 1.82) is 0 Å². The van der Waals surface area contributed by atoms with Gasteiger partial charge in [-0.05, 0) is 30.2 Å². The van der Waals surface area contributed by atoms with Crippen molar-refractivity contribution in [3.8, 4) is 11.5 Å². The first kappa shape index (κ1) is 18.0. The number of fused-ring (bicyclic) bond motifs is 3. The van der Waals surface area contributed by atoms with Crippen molar-refractivity contribution in [1.82, 2.24) is 29.1 Å². The lowest BCUT2D eigenvalue weighted by Crippen LogP contribution is -2.17. The molecule has 0 bridgehead atoms. The van der Waals surface area contributed by atoms with Gasteiger partial charge in [0, 0.05) is 5.69 Å². The lowest BCUT2D eigenvalue weighted by atomic mass is 10.1. The Morgan fingerprint density at radius 2 is 1.60 bits per heavy atom. The molecule has 2 N–H and O–H groups in total. The lowest BCUT2D eigenvalue weighted by molar-refractivity contribution is 0.758. The summed E-state index contributed by atoms with van der Waals surface area (Å²) in [5.74, 6) is 0.473. The zero-order chi connectivity index (χ0) is 20.7. The molecular weight excluding hydrogens is 378 g/mol. The van der Waals surface area contributed by atoms with Crippen LogP contribution in [0, 0.1) is 6.92 Å². The third-order valence-electron chi connectivity index (χ3n) is 5.09. The van der Waals surface area contributed by atoms with E-state index in [9.17, 15) is 4.79 Å². The Balaban J connectivity index is 1.56. The van der Waals surface area contributed by atoms with Gasteiger partial charge in [0.05, 0.1) is 19.4 Å². The number of anilines is 1. The molecule has 3 aromatic rings. The van der Waals surface area contributed by atoms with E-state index in [1.54, 1.807) is 10.9 Å². The number of nitrogens with two attached hydrogens (primary N) is 1. The van der Waals surface area contributed by atoms with Gasteiger partial charge >= 0.3 is 5.69 Å². The quantitative estimate of drug-likeness (QED) is 0.467. The summed E-state index contributed by atoms with van der Waals surface area (Å²) in [6, 6.07) is 15.7. The highest BCUT2D eigenvalue weighted by Gasteiger charge is 2.21. The van der Waals surface area contributed by atoms with Gasteiger partial charge in [-0.1, -0.05) is 42.0 Å². The second-order valence-corrected chi connectivity index (χ2v) is 7.30. The van der Waals surface area contributed by atoms with E-state index in [2.05, 4.69) is 19.9 Å². The van der Waals surface area contributed by atoms with Gasteiger partial charge in [0.2, 0.25) is 0 Å². The first-order valence-electron chi connectivity index (χ1n) is 9.55. The second kappa shape index (κ2) is 7.07. The maximum Gasteiger partial charge on any atom is 0.350 e. The summed E-state index contributed by atoms with van der Waals surface area (Å²) in [6.45, 7) is 2.99. The zero-order valence-electron chi connectivity index (χ0n) is 16.4. The molecule has 8 nitrogen and oxygen atoms in total. The van der Waals surface area contributed by atoms with Crippen LogP contribution in [0.15, 0.2) is 66.0 Å². The Hall–Kier alpha value is -4.07. The van der Waals surface area contributed by atoms with Gasteiger partial charge < -0.3 is 10.3 Å². The van der Waals surface area contributed by atoms with E-state index in [0.717, 1.165) is 11.1 Å². The summed E-state index contributed by atoms with van der Waals surface area (Å²) >= 11 is 0. The molecule has 0 unspecified atom stereocenters. The molecule has 0 atom stereocenters. The van der Waals surface area contributed by atoms with Gasteiger partial charge in [0.25, 0.3) is 0 Å². The zero-order valence-corrected chi connectivity index (χ0v) is 16.4. The highest BCUT2D eigenvalue weighted by atomic mass is 16.1. The summed E-state index contributed by atoms with van der Waals surface area (Å²) in [4.78, 5) is 30.2. The van der Waals surface area contributed by atoms with E-state index in [0.29, 0.717) is 41.5 Å². The van der Waals surface area contributed by atoms with Crippen LogP contribution < -0.4 is 11.4 Å². The molecule has 2 aliphatic rings. The topological polar surface area (TPSA) is 105 Å². The van der Waals surface area contributed by atoms with Gasteiger partial charge in [-0.3, -0.25) is 4.57 Å². The fraction of sp³-hybridized carbons (Fsp3) is 0.136. The minimum Gasteiger partial charge on any atom is -0.399 e. The van der Waals surface area contributed by atoms with Crippen LogP contribution in [0.1, 0.15) is 16.7 Å². The fourth-order valence-electron chi connectivity index (χ4n) is 3.48. The van der Waals surface area contributed by atoms with Crippen LogP contribution in [0.5, 0.6) is 0 Å². The predicted molar refractivity (Wildman–Crippen MR) is 114 cm³/mol. The molecule has 0 aliphatic carbocycles. The third kappa shape index (κ3) is 3.18. The summed E-state index contributed by atoms with van der Waals surface area (Å²) in [5.41, 5.74) is 11.0. The van der Waals surface area contributed by atoms with Gasteiger partial charge in [-0.25, -0.2) is 19.7 Å². The molecule has 0 spiro atoms. The molecule has 0 saturated carbocycles. The van der Waals surface area contributed by atoms with Gasteiger partial charge in [-0.15, -0.1) is 0 Å². The fourth-order valence-corrected chi connectivity index (χ4v) is 3.48. The number of nitrogens with zero attached hydrogens (tertiary/aromatic N) is 6. The van der Waals surface area contributed by atoms with E-state index in [1.165, 1.54) is 11.9 Å². The van der Waals surface area contributed by atoms with Crippen LogP contribution in [0.4, 0.5) is 5.69 Å². The van der Waals surface area contributed by atoms with Crippen molar-refractivity contribution in [3.05, 3.63) is 88.4 Å². The standard InChI is InChI=1S/C22H19N7O/c1-14-2-4-16(5-3-14)11-29-21-19(27-22(29)30)18-20(24-12-25-21)28(13-26-18)10-15-6-8-17(23)9-7-15/h2-9,12-13H,10-11,23H2,1H3. The summed E-state index contributed by atoms with van der Waals surface area (Å²) in [7, 11) is 0. The van der Waals surface area contributed by atoms with Crippen LogP contribution in [0.2, 0.25) is 0 Å². The maximum atomic E-state index is 12.6. The van der Waals surface area contributed by atoms with E-state index in [1.807, 2.05) is 60.0 Å². The van der Waals surface area contributed by atoms with Crippen molar-refractivity contribution in [2.75, 3.05) is 5.73 Å². The molecule has 0 amide bonds. The van der Waals surface area contributed by atoms with Crippen LogP contribution in [-0.2, 0) is 13.1 Å². The largest absolute Gasteiger partial charge is 0.399 e. The van der Waals surface area contributed by atoms with Crippen molar-refractivity contribution >= 4 is 16.9 Å². The monoisotopic (exact) mass is 397 g/mol. The number of benzene rings is 2. The first-order chi connectivity index (χ1) is 14.6. The molecule has 8 heteroatoms. The van der Waals surface area contributed by atoms with Crippen molar-refractivity contribution in [3.63, 3.8) is 0 Å². The molecule has 3 heterocycles. The molecule has 5 rings (SSSR count). The highest BCUT2D eigenvalue weighted by molar-refractivity contribution is 5.85. The van der Waals surface area contributed by atoms with E-state index in [-0.39, 0.29) is 5.69 Å². The minimum atomic E-state index is -0.348. The number of aryl methyl sites for hydroxylation is 1. The van der Waals surface area contributed by atoms with Crippen LogP contribution in [0.3, 0.4) is 0 Å². The summed E-state index contributed by atoms with van der Waals surface area (Å²) in [6.07, 6.45) is 3.16. The molecule has 1 aromatic heterocycles.